The van der Waals surface area contributed by atoms with Crippen LogP contribution in [0.3, 0.4) is 0 Å². The first-order chi connectivity index (χ1) is 8.33. The van der Waals surface area contributed by atoms with Gasteiger partial charge in [-0.2, -0.15) is 0 Å². The number of para-hydroxylation sites is 1. The van der Waals surface area contributed by atoms with Gasteiger partial charge in [-0.25, -0.2) is 0 Å². The molecule has 0 bridgehead atoms. The van der Waals surface area contributed by atoms with Crippen molar-refractivity contribution in [1.82, 2.24) is 0 Å². The average molecular weight is 311 g/mol. The molecule has 0 aliphatic rings. The molecule has 1 heterocycles. The molecule has 0 radical (unpaired) electrons. The highest BCUT2D eigenvalue weighted by molar-refractivity contribution is 9.08. The number of hydrogen-bond donors (Lipinski definition) is 0. The average Bonchev–Trinajstić information content (AvgIpc) is 2.84. The third kappa shape index (κ3) is 3.33. The second-order valence-corrected chi connectivity index (χ2v) is 5.57. The molecule has 0 spiro atoms. The molecule has 0 saturated carbocycles. The largest absolute Gasteiger partial charge is 0.488 e. The topological polar surface area (TPSA) is 9.23 Å². The molecular formula is C14H15BrOS. The van der Waals surface area contributed by atoms with Gasteiger partial charge in [0.1, 0.15) is 12.4 Å². The van der Waals surface area contributed by atoms with Crippen LogP contribution in [0.25, 0.3) is 0 Å². The fourth-order valence-electron chi connectivity index (χ4n) is 1.59. The van der Waals surface area contributed by atoms with E-state index in [1.807, 2.05) is 29.5 Å². The van der Waals surface area contributed by atoms with Crippen molar-refractivity contribution >= 4 is 27.3 Å². The molecule has 1 nitrogen and oxygen atoms in total. The van der Waals surface area contributed by atoms with Gasteiger partial charge < -0.3 is 4.74 Å². The molecule has 1 aromatic heterocycles. The van der Waals surface area contributed by atoms with E-state index in [1.54, 1.807) is 0 Å². The standard InChI is InChI=1S/C14H15BrOS/c1-2-12-7-8-13(17-12)10-16-14-6-4-3-5-11(14)9-15/h3-8H,2,9-10H2,1H3. The number of alkyl halides is 1. The summed E-state index contributed by atoms with van der Waals surface area (Å²) in [4.78, 5) is 2.70. The fraction of sp³-hybridized carbons (Fsp3) is 0.286. The minimum Gasteiger partial charge on any atom is -0.488 e. The van der Waals surface area contributed by atoms with Gasteiger partial charge in [0.25, 0.3) is 0 Å². The van der Waals surface area contributed by atoms with E-state index in [0.717, 1.165) is 17.5 Å². The molecule has 0 fully saturated rings. The molecule has 0 saturated heterocycles. The Bertz CT molecular complexity index is 479. The zero-order valence-electron chi connectivity index (χ0n) is 9.78. The van der Waals surface area contributed by atoms with E-state index in [-0.39, 0.29) is 0 Å². The van der Waals surface area contributed by atoms with Crippen molar-refractivity contribution in [2.75, 3.05) is 0 Å². The second-order valence-electron chi connectivity index (χ2n) is 3.75. The maximum atomic E-state index is 5.85. The Morgan fingerprint density at radius 3 is 2.59 bits per heavy atom. The third-order valence-electron chi connectivity index (χ3n) is 2.55. The van der Waals surface area contributed by atoms with Gasteiger partial charge in [0, 0.05) is 20.6 Å². The summed E-state index contributed by atoms with van der Waals surface area (Å²) in [6.07, 6.45) is 1.10. The van der Waals surface area contributed by atoms with Gasteiger partial charge in [-0.05, 0) is 24.6 Å². The highest BCUT2D eigenvalue weighted by atomic mass is 79.9. The van der Waals surface area contributed by atoms with Gasteiger partial charge in [0.2, 0.25) is 0 Å². The van der Waals surface area contributed by atoms with Gasteiger partial charge in [0.15, 0.2) is 0 Å². The molecule has 17 heavy (non-hydrogen) atoms. The molecule has 0 aliphatic heterocycles. The van der Waals surface area contributed by atoms with E-state index in [4.69, 9.17) is 4.74 Å². The Hall–Kier alpha value is -0.800. The van der Waals surface area contributed by atoms with Crippen molar-refractivity contribution in [2.45, 2.75) is 25.3 Å². The zero-order chi connectivity index (χ0) is 12.1. The molecule has 90 valence electrons. The summed E-state index contributed by atoms with van der Waals surface area (Å²) in [6, 6.07) is 12.5. The van der Waals surface area contributed by atoms with Crippen LogP contribution in [0.1, 0.15) is 22.2 Å². The van der Waals surface area contributed by atoms with E-state index < -0.39 is 0 Å². The Morgan fingerprint density at radius 2 is 1.88 bits per heavy atom. The highest BCUT2D eigenvalue weighted by Gasteiger charge is 2.03. The highest BCUT2D eigenvalue weighted by Crippen LogP contribution is 2.23. The first-order valence-electron chi connectivity index (χ1n) is 5.67. The van der Waals surface area contributed by atoms with Crippen LogP contribution in [-0.4, -0.2) is 0 Å². The van der Waals surface area contributed by atoms with Crippen molar-refractivity contribution in [3.05, 3.63) is 51.7 Å². The molecule has 2 aromatic rings. The van der Waals surface area contributed by atoms with Crippen LogP contribution in [0.15, 0.2) is 36.4 Å². The van der Waals surface area contributed by atoms with Crippen LogP contribution in [0.4, 0.5) is 0 Å². The van der Waals surface area contributed by atoms with Crippen LogP contribution >= 0.6 is 27.3 Å². The summed E-state index contributed by atoms with van der Waals surface area (Å²) in [5.74, 6) is 0.968. The lowest BCUT2D eigenvalue weighted by molar-refractivity contribution is 0.307. The number of benzene rings is 1. The molecule has 0 unspecified atom stereocenters. The van der Waals surface area contributed by atoms with Crippen LogP contribution in [0.5, 0.6) is 5.75 Å². The minimum absolute atomic E-state index is 0.661. The van der Waals surface area contributed by atoms with Crippen molar-refractivity contribution in [3.8, 4) is 5.75 Å². The van der Waals surface area contributed by atoms with Crippen molar-refractivity contribution in [1.29, 1.82) is 0 Å². The smallest absolute Gasteiger partial charge is 0.123 e. The minimum atomic E-state index is 0.661. The number of halogens is 1. The molecule has 0 N–H and O–H groups in total. The molecule has 0 amide bonds. The Morgan fingerprint density at radius 1 is 1.12 bits per heavy atom. The SMILES string of the molecule is CCc1ccc(COc2ccccc2CBr)s1. The number of ether oxygens (including phenoxy) is 1. The zero-order valence-corrected chi connectivity index (χ0v) is 12.2. The van der Waals surface area contributed by atoms with Crippen molar-refractivity contribution in [2.24, 2.45) is 0 Å². The van der Waals surface area contributed by atoms with Crippen LogP contribution in [-0.2, 0) is 18.4 Å². The monoisotopic (exact) mass is 310 g/mol. The first kappa shape index (κ1) is 12.7. The maximum absolute atomic E-state index is 5.85. The Labute approximate surface area is 115 Å². The lowest BCUT2D eigenvalue weighted by Crippen LogP contribution is -1.95. The summed E-state index contributed by atoms with van der Waals surface area (Å²) in [5, 5.41) is 0.827. The lowest BCUT2D eigenvalue weighted by atomic mass is 10.2. The summed E-state index contributed by atoms with van der Waals surface area (Å²) < 4.78 is 5.85. The molecular weight excluding hydrogens is 296 g/mol. The van der Waals surface area contributed by atoms with Crippen LogP contribution in [0, 0.1) is 0 Å². The quantitative estimate of drug-likeness (QED) is 0.722. The number of rotatable bonds is 5. The summed E-state index contributed by atoms with van der Waals surface area (Å²) in [5.41, 5.74) is 1.19. The normalized spacial score (nSPS) is 10.5. The Kier molecular flexibility index (Phi) is 4.63. The molecule has 3 heteroatoms. The van der Waals surface area contributed by atoms with Crippen LogP contribution < -0.4 is 4.74 Å². The number of hydrogen-bond acceptors (Lipinski definition) is 2. The van der Waals surface area contributed by atoms with Gasteiger partial charge in [-0.1, -0.05) is 41.1 Å². The summed E-state index contributed by atoms with van der Waals surface area (Å²) >= 11 is 5.30. The fourth-order valence-corrected chi connectivity index (χ4v) is 2.93. The second kappa shape index (κ2) is 6.22. The summed E-state index contributed by atoms with van der Waals surface area (Å²) in [7, 11) is 0. The van der Waals surface area contributed by atoms with E-state index in [9.17, 15) is 0 Å². The predicted octanol–water partition coefficient (Wildman–Crippen LogP) is 4.78. The van der Waals surface area contributed by atoms with E-state index >= 15 is 0 Å². The molecule has 1 aromatic carbocycles. The van der Waals surface area contributed by atoms with Gasteiger partial charge >= 0.3 is 0 Å². The van der Waals surface area contributed by atoms with E-state index in [0.29, 0.717) is 6.61 Å². The first-order valence-corrected chi connectivity index (χ1v) is 7.61. The van der Waals surface area contributed by atoms with E-state index in [2.05, 4.69) is 41.1 Å². The van der Waals surface area contributed by atoms with E-state index in [1.165, 1.54) is 15.3 Å². The van der Waals surface area contributed by atoms with Crippen molar-refractivity contribution in [3.63, 3.8) is 0 Å². The summed E-state index contributed by atoms with van der Waals surface area (Å²) in [6.45, 7) is 2.84. The molecule has 2 rings (SSSR count). The van der Waals surface area contributed by atoms with Gasteiger partial charge in [-0.3, -0.25) is 0 Å². The number of aryl methyl sites for hydroxylation is 1. The Balaban J connectivity index is 2.01. The van der Waals surface area contributed by atoms with Crippen molar-refractivity contribution < 1.29 is 4.74 Å². The maximum Gasteiger partial charge on any atom is 0.123 e. The number of thiophene rings is 1. The predicted molar refractivity (Wildman–Crippen MR) is 77.1 cm³/mol. The third-order valence-corrected chi connectivity index (χ3v) is 4.36. The van der Waals surface area contributed by atoms with Gasteiger partial charge in [0.05, 0.1) is 0 Å². The van der Waals surface area contributed by atoms with Crippen LogP contribution in [0.2, 0.25) is 0 Å². The van der Waals surface area contributed by atoms with Gasteiger partial charge in [-0.15, -0.1) is 11.3 Å². The molecule has 0 atom stereocenters. The molecule has 0 aliphatic carbocycles. The lowest BCUT2D eigenvalue weighted by Gasteiger charge is -2.08.